The van der Waals surface area contributed by atoms with Gasteiger partial charge in [-0.05, 0) is 19.5 Å². The molecule has 1 rings (SSSR count). The fraction of sp³-hybridized carbons (Fsp3) is 0.500. The quantitative estimate of drug-likeness (QED) is 0.807. The number of hydrogen-bond donors (Lipinski definition) is 1. The average Bonchev–Trinajstić information content (AvgIpc) is 2.36. The lowest BCUT2D eigenvalue weighted by Gasteiger charge is -2.21. The van der Waals surface area contributed by atoms with E-state index in [9.17, 15) is 4.79 Å². The van der Waals surface area contributed by atoms with Gasteiger partial charge in [0.05, 0.1) is 13.0 Å². The lowest BCUT2D eigenvalue weighted by atomic mass is 10.1. The van der Waals surface area contributed by atoms with Crippen molar-refractivity contribution in [3.8, 4) is 5.75 Å². The number of carboxylic acid groups (broad SMARTS) is 1. The van der Waals surface area contributed by atoms with E-state index in [0.717, 1.165) is 11.3 Å². The molecule has 0 aliphatic heterocycles. The van der Waals surface area contributed by atoms with Gasteiger partial charge >= 0.3 is 5.97 Å². The fourth-order valence-electron chi connectivity index (χ4n) is 1.95. The Morgan fingerprint density at radius 2 is 2.11 bits per heavy atom. The molecule has 0 heterocycles. The van der Waals surface area contributed by atoms with E-state index in [-0.39, 0.29) is 5.92 Å². The van der Waals surface area contributed by atoms with E-state index < -0.39 is 5.97 Å². The van der Waals surface area contributed by atoms with Crippen molar-refractivity contribution in [2.24, 2.45) is 5.92 Å². The number of para-hydroxylation sites is 1. The Kier molecular flexibility index (Phi) is 5.65. The van der Waals surface area contributed by atoms with Gasteiger partial charge in [0.25, 0.3) is 0 Å². The van der Waals surface area contributed by atoms with E-state index in [2.05, 4.69) is 0 Å². The van der Waals surface area contributed by atoms with Crippen LogP contribution in [-0.2, 0) is 11.3 Å². The molecule has 0 fully saturated rings. The monoisotopic (exact) mass is 251 g/mol. The summed E-state index contributed by atoms with van der Waals surface area (Å²) in [6.07, 6.45) is 0.644. The molecule has 0 saturated carbocycles. The third-order valence-electron chi connectivity index (χ3n) is 3.01. The molecular weight excluding hydrogens is 230 g/mol. The van der Waals surface area contributed by atoms with Gasteiger partial charge in [0, 0.05) is 18.7 Å². The van der Waals surface area contributed by atoms with E-state index in [0.29, 0.717) is 19.5 Å². The standard InChI is InChI=1S/C14H21NO3/c1-4-11(14(16)17)9-15(2)10-12-7-5-6-8-13(12)18-3/h5-8,11H,4,9-10H2,1-3H3,(H,16,17). The van der Waals surface area contributed by atoms with Crippen LogP contribution in [0.15, 0.2) is 24.3 Å². The van der Waals surface area contributed by atoms with Crippen LogP contribution in [0.1, 0.15) is 18.9 Å². The molecule has 0 radical (unpaired) electrons. The van der Waals surface area contributed by atoms with Crippen molar-refractivity contribution < 1.29 is 14.6 Å². The van der Waals surface area contributed by atoms with Crippen molar-refractivity contribution >= 4 is 5.97 Å². The second-order valence-corrected chi connectivity index (χ2v) is 4.45. The molecule has 0 saturated heterocycles. The Hall–Kier alpha value is -1.55. The number of hydrogen-bond acceptors (Lipinski definition) is 3. The number of carbonyl (C=O) groups is 1. The number of rotatable bonds is 7. The summed E-state index contributed by atoms with van der Waals surface area (Å²) in [5.41, 5.74) is 1.07. The van der Waals surface area contributed by atoms with Crippen LogP contribution < -0.4 is 4.74 Å². The number of aliphatic carboxylic acids is 1. The molecule has 0 bridgehead atoms. The molecule has 1 N–H and O–H groups in total. The lowest BCUT2D eigenvalue weighted by molar-refractivity contribution is -0.142. The maximum atomic E-state index is 11.0. The van der Waals surface area contributed by atoms with Crippen LogP contribution in [0.2, 0.25) is 0 Å². The minimum absolute atomic E-state index is 0.315. The molecule has 1 aromatic carbocycles. The van der Waals surface area contributed by atoms with Crippen LogP contribution in [0.25, 0.3) is 0 Å². The van der Waals surface area contributed by atoms with Gasteiger partial charge in [-0.1, -0.05) is 25.1 Å². The van der Waals surface area contributed by atoms with E-state index >= 15 is 0 Å². The number of methoxy groups -OCH3 is 1. The van der Waals surface area contributed by atoms with Crippen molar-refractivity contribution in [1.82, 2.24) is 4.90 Å². The van der Waals surface area contributed by atoms with Crippen molar-refractivity contribution in [2.75, 3.05) is 20.7 Å². The molecule has 0 spiro atoms. The Balaban J connectivity index is 2.63. The summed E-state index contributed by atoms with van der Waals surface area (Å²) in [5, 5.41) is 9.04. The van der Waals surface area contributed by atoms with Gasteiger partial charge in [0.1, 0.15) is 5.75 Å². The number of nitrogens with zero attached hydrogens (tertiary/aromatic N) is 1. The van der Waals surface area contributed by atoms with E-state index in [1.807, 2.05) is 43.1 Å². The highest BCUT2D eigenvalue weighted by molar-refractivity contribution is 5.70. The van der Waals surface area contributed by atoms with E-state index in [4.69, 9.17) is 9.84 Å². The van der Waals surface area contributed by atoms with Crippen LogP contribution >= 0.6 is 0 Å². The predicted octanol–water partition coefficient (Wildman–Crippen LogP) is 2.24. The molecular formula is C14H21NO3. The summed E-state index contributed by atoms with van der Waals surface area (Å²) >= 11 is 0. The van der Waals surface area contributed by atoms with E-state index in [1.54, 1.807) is 7.11 Å². The number of benzene rings is 1. The van der Waals surface area contributed by atoms with Gasteiger partial charge in [-0.2, -0.15) is 0 Å². The molecule has 1 aromatic rings. The zero-order chi connectivity index (χ0) is 13.5. The topological polar surface area (TPSA) is 49.8 Å². The Morgan fingerprint density at radius 3 is 2.67 bits per heavy atom. The van der Waals surface area contributed by atoms with Crippen LogP contribution in [0.3, 0.4) is 0 Å². The van der Waals surface area contributed by atoms with Crippen LogP contribution in [0.4, 0.5) is 0 Å². The molecule has 0 amide bonds. The van der Waals surface area contributed by atoms with Crippen molar-refractivity contribution in [1.29, 1.82) is 0 Å². The summed E-state index contributed by atoms with van der Waals surface area (Å²) < 4.78 is 5.28. The zero-order valence-corrected chi connectivity index (χ0v) is 11.2. The molecule has 0 aromatic heterocycles. The first-order valence-corrected chi connectivity index (χ1v) is 6.11. The highest BCUT2D eigenvalue weighted by Crippen LogP contribution is 2.19. The predicted molar refractivity (Wildman–Crippen MR) is 70.7 cm³/mol. The molecule has 1 atom stereocenters. The highest BCUT2D eigenvalue weighted by Gasteiger charge is 2.17. The molecule has 100 valence electrons. The lowest BCUT2D eigenvalue weighted by Crippen LogP contribution is -2.29. The minimum Gasteiger partial charge on any atom is -0.496 e. The molecule has 0 aliphatic rings. The second kappa shape index (κ2) is 7.01. The Labute approximate surface area is 108 Å². The van der Waals surface area contributed by atoms with Gasteiger partial charge < -0.3 is 14.7 Å². The van der Waals surface area contributed by atoms with Crippen molar-refractivity contribution in [3.63, 3.8) is 0 Å². The molecule has 1 unspecified atom stereocenters. The smallest absolute Gasteiger partial charge is 0.307 e. The van der Waals surface area contributed by atoms with Gasteiger partial charge in [-0.25, -0.2) is 0 Å². The zero-order valence-electron chi connectivity index (χ0n) is 11.2. The molecule has 18 heavy (non-hydrogen) atoms. The van der Waals surface area contributed by atoms with Gasteiger partial charge in [0.2, 0.25) is 0 Å². The maximum absolute atomic E-state index is 11.0. The first-order valence-electron chi connectivity index (χ1n) is 6.11. The Bertz CT molecular complexity index is 392. The summed E-state index contributed by atoms with van der Waals surface area (Å²) in [4.78, 5) is 13.0. The largest absolute Gasteiger partial charge is 0.496 e. The van der Waals surface area contributed by atoms with E-state index in [1.165, 1.54) is 0 Å². The second-order valence-electron chi connectivity index (χ2n) is 4.45. The maximum Gasteiger partial charge on any atom is 0.307 e. The van der Waals surface area contributed by atoms with Gasteiger partial charge in [0.15, 0.2) is 0 Å². The Morgan fingerprint density at radius 1 is 1.44 bits per heavy atom. The summed E-state index contributed by atoms with van der Waals surface area (Å²) in [5.74, 6) is -0.207. The number of ether oxygens (including phenoxy) is 1. The van der Waals surface area contributed by atoms with Crippen molar-refractivity contribution in [3.05, 3.63) is 29.8 Å². The fourth-order valence-corrected chi connectivity index (χ4v) is 1.95. The summed E-state index contributed by atoms with van der Waals surface area (Å²) in [7, 11) is 3.57. The molecule has 4 heteroatoms. The third kappa shape index (κ3) is 4.04. The molecule has 0 aliphatic carbocycles. The van der Waals surface area contributed by atoms with Crippen LogP contribution in [0.5, 0.6) is 5.75 Å². The van der Waals surface area contributed by atoms with Gasteiger partial charge in [-0.3, -0.25) is 4.79 Å². The first-order chi connectivity index (χ1) is 8.58. The van der Waals surface area contributed by atoms with Gasteiger partial charge in [-0.15, -0.1) is 0 Å². The highest BCUT2D eigenvalue weighted by atomic mass is 16.5. The first kappa shape index (κ1) is 14.5. The summed E-state index contributed by atoms with van der Waals surface area (Å²) in [6, 6.07) is 7.79. The minimum atomic E-state index is -0.732. The SMILES string of the molecule is CCC(CN(C)Cc1ccccc1OC)C(=O)O. The summed E-state index contributed by atoms with van der Waals surface area (Å²) in [6.45, 7) is 3.13. The number of carboxylic acids is 1. The average molecular weight is 251 g/mol. The van der Waals surface area contributed by atoms with Crippen molar-refractivity contribution in [2.45, 2.75) is 19.9 Å². The van der Waals surface area contributed by atoms with Crippen LogP contribution in [0, 0.1) is 5.92 Å². The normalized spacial score (nSPS) is 12.4. The molecule has 4 nitrogen and oxygen atoms in total. The van der Waals surface area contributed by atoms with Crippen LogP contribution in [-0.4, -0.2) is 36.7 Å². The third-order valence-corrected chi connectivity index (χ3v) is 3.01.